The molecule has 2 aliphatic heterocycles. The van der Waals surface area contributed by atoms with Gasteiger partial charge in [-0.05, 0) is 62.9 Å². The number of carbonyl (C=O) groups is 1. The zero-order valence-corrected chi connectivity index (χ0v) is 19.0. The number of ether oxygens (including phenoxy) is 1. The van der Waals surface area contributed by atoms with Crippen molar-refractivity contribution in [2.24, 2.45) is 5.92 Å². The summed E-state index contributed by atoms with van der Waals surface area (Å²) >= 11 is 1.52. The third-order valence-corrected chi connectivity index (χ3v) is 7.40. The summed E-state index contributed by atoms with van der Waals surface area (Å²) < 4.78 is 5.17. The number of aryl methyl sites for hydroxylation is 2. The van der Waals surface area contributed by atoms with Gasteiger partial charge in [0.25, 0.3) is 0 Å². The number of carbonyl (C=O) groups excluding carboxylic acids is 1. The van der Waals surface area contributed by atoms with Crippen LogP contribution in [0.3, 0.4) is 0 Å². The van der Waals surface area contributed by atoms with Crippen LogP contribution >= 0.6 is 11.8 Å². The summed E-state index contributed by atoms with van der Waals surface area (Å²) in [6.45, 7) is 8.64. The summed E-state index contributed by atoms with van der Waals surface area (Å²) in [5.41, 5.74) is 2.03. The molecule has 0 saturated carbocycles. The highest BCUT2D eigenvalue weighted by Crippen LogP contribution is 2.45. The van der Waals surface area contributed by atoms with Gasteiger partial charge < -0.3 is 9.64 Å². The third kappa shape index (κ3) is 4.48. The molecule has 164 valence electrons. The van der Waals surface area contributed by atoms with Crippen molar-refractivity contribution in [3.63, 3.8) is 0 Å². The molecule has 0 aliphatic carbocycles. The van der Waals surface area contributed by atoms with Gasteiger partial charge in [-0.3, -0.25) is 14.9 Å². The number of hydrogen-bond donors (Lipinski definition) is 0. The second-order valence-electron chi connectivity index (χ2n) is 8.93. The van der Waals surface area contributed by atoms with Gasteiger partial charge in [-0.1, -0.05) is 24.6 Å². The Hall–Kier alpha value is -2.38. The Kier molecular flexibility index (Phi) is 6.08. The van der Waals surface area contributed by atoms with Gasteiger partial charge in [0, 0.05) is 24.1 Å². The number of hydrogen-bond acceptors (Lipinski definition) is 6. The van der Waals surface area contributed by atoms with Crippen LogP contribution in [0.1, 0.15) is 41.3 Å². The van der Waals surface area contributed by atoms with E-state index in [9.17, 15) is 14.9 Å². The third-order valence-electron chi connectivity index (χ3n) is 6.07. The molecule has 0 spiro atoms. The fraction of sp³-hybridized carbons (Fsp3) is 0.458. The van der Waals surface area contributed by atoms with Crippen LogP contribution in [0.25, 0.3) is 0 Å². The summed E-state index contributed by atoms with van der Waals surface area (Å²) in [6.07, 6.45) is 2.32. The van der Waals surface area contributed by atoms with Crippen molar-refractivity contribution >= 4 is 23.2 Å². The average Bonchev–Trinajstić information content (AvgIpc) is 2.72. The minimum atomic E-state index is -0.846. The molecule has 0 amide bonds. The maximum absolute atomic E-state index is 13.9. The fourth-order valence-electron chi connectivity index (χ4n) is 4.56. The fourth-order valence-corrected chi connectivity index (χ4v) is 5.85. The van der Waals surface area contributed by atoms with Crippen molar-refractivity contribution < 1.29 is 14.5 Å². The van der Waals surface area contributed by atoms with Crippen molar-refractivity contribution in [2.45, 2.75) is 43.3 Å². The van der Waals surface area contributed by atoms with Crippen LogP contribution in [0, 0.1) is 29.9 Å². The molecule has 2 atom stereocenters. The Bertz CT molecular complexity index is 1010. The van der Waals surface area contributed by atoms with Gasteiger partial charge in [0.15, 0.2) is 5.78 Å². The lowest BCUT2D eigenvalue weighted by Gasteiger charge is -2.41. The molecule has 2 aromatic carbocycles. The summed E-state index contributed by atoms with van der Waals surface area (Å²) in [5, 5.41) is 11.6. The first kappa shape index (κ1) is 21.8. The first-order valence-corrected chi connectivity index (χ1v) is 11.5. The predicted octanol–water partition coefficient (Wildman–Crippen LogP) is 5.05. The van der Waals surface area contributed by atoms with Gasteiger partial charge in [0.05, 0.1) is 10.5 Å². The Morgan fingerprint density at radius 3 is 2.65 bits per heavy atom. The molecule has 2 aliphatic rings. The van der Waals surface area contributed by atoms with Crippen molar-refractivity contribution in [1.82, 2.24) is 4.90 Å². The Morgan fingerprint density at radius 1 is 1.23 bits per heavy atom. The monoisotopic (exact) mass is 440 g/mol. The number of Topliss-reactive ketones (excluding diaryl/α,β-unsaturated/α-hetero) is 1. The quantitative estimate of drug-likeness (QED) is 0.479. The van der Waals surface area contributed by atoms with E-state index in [2.05, 4.69) is 11.8 Å². The molecule has 0 aromatic heterocycles. The number of likely N-dealkylation sites (tertiary alicyclic amines) is 1. The van der Waals surface area contributed by atoms with Crippen molar-refractivity contribution in [2.75, 3.05) is 26.2 Å². The maximum Gasteiger partial charge on any atom is 0.311 e. The number of nitro benzene ring substituents is 1. The van der Waals surface area contributed by atoms with E-state index in [1.54, 1.807) is 13.0 Å². The minimum absolute atomic E-state index is 0.0793. The molecule has 6 nitrogen and oxygen atoms in total. The van der Waals surface area contributed by atoms with Crippen LogP contribution in [0.5, 0.6) is 5.75 Å². The number of nitro groups is 1. The van der Waals surface area contributed by atoms with Crippen LogP contribution in [0.2, 0.25) is 0 Å². The van der Waals surface area contributed by atoms with E-state index >= 15 is 0 Å². The molecule has 0 unspecified atom stereocenters. The number of thioether (sulfide) groups is 1. The number of rotatable bonds is 5. The van der Waals surface area contributed by atoms with Crippen LogP contribution < -0.4 is 4.74 Å². The molecule has 31 heavy (non-hydrogen) atoms. The molecule has 0 N–H and O–H groups in total. The largest absolute Gasteiger partial charge is 0.484 e. The molecule has 0 radical (unpaired) electrons. The zero-order chi connectivity index (χ0) is 22.2. The number of ketones is 1. The van der Waals surface area contributed by atoms with Gasteiger partial charge in [-0.2, -0.15) is 0 Å². The van der Waals surface area contributed by atoms with Crippen LogP contribution in [-0.4, -0.2) is 46.6 Å². The molecule has 7 heteroatoms. The van der Waals surface area contributed by atoms with Crippen LogP contribution in [0.4, 0.5) is 5.69 Å². The lowest BCUT2D eigenvalue weighted by Crippen LogP contribution is -2.54. The molecule has 1 saturated heterocycles. The Labute approximate surface area is 187 Å². The summed E-state index contributed by atoms with van der Waals surface area (Å²) in [4.78, 5) is 28.4. The van der Waals surface area contributed by atoms with E-state index < -0.39 is 9.67 Å². The van der Waals surface area contributed by atoms with Crippen molar-refractivity contribution in [3.8, 4) is 5.75 Å². The second-order valence-corrected chi connectivity index (χ2v) is 10.4. The molecule has 0 bridgehead atoms. The van der Waals surface area contributed by atoms with Gasteiger partial charge in [0.1, 0.15) is 11.4 Å². The molecule has 2 heterocycles. The number of nitrogens with zero attached hydrogens (tertiary/aromatic N) is 2. The Morgan fingerprint density at radius 2 is 1.97 bits per heavy atom. The SMILES string of the molecule is Cc1ccc(S[C@@]2(CN3CCC[C@@H](C)C3)COc3c(cc(C)cc3[N+](=O)[O-])C2=O)cc1. The standard InChI is InChI=1S/C24H28N2O4S/c1-16-6-8-19(9-7-16)31-24(14-25-10-4-5-17(2)13-25)15-30-22-20(23(24)27)11-18(3)12-21(22)26(28)29/h6-9,11-12,17H,4-5,10,13-15H2,1-3H3/t17-,24+/m1/s1. The molecule has 4 rings (SSSR count). The van der Waals surface area contributed by atoms with E-state index in [-0.39, 0.29) is 23.8 Å². The minimum Gasteiger partial charge on any atom is -0.484 e. The molecular formula is C24H28N2O4S. The lowest BCUT2D eigenvalue weighted by molar-refractivity contribution is -0.386. The summed E-state index contributed by atoms with van der Waals surface area (Å²) in [7, 11) is 0. The van der Waals surface area contributed by atoms with E-state index in [1.165, 1.54) is 24.2 Å². The van der Waals surface area contributed by atoms with Crippen molar-refractivity contribution in [1.29, 1.82) is 0 Å². The van der Waals surface area contributed by atoms with Gasteiger partial charge in [-0.15, -0.1) is 11.8 Å². The average molecular weight is 441 g/mol. The van der Waals surface area contributed by atoms with Gasteiger partial charge >= 0.3 is 5.69 Å². The molecule has 2 aromatic rings. The van der Waals surface area contributed by atoms with E-state index in [1.807, 2.05) is 31.2 Å². The predicted molar refractivity (Wildman–Crippen MR) is 122 cm³/mol. The highest BCUT2D eigenvalue weighted by atomic mass is 32.2. The topological polar surface area (TPSA) is 72.7 Å². The van der Waals surface area contributed by atoms with Crippen LogP contribution in [0.15, 0.2) is 41.3 Å². The van der Waals surface area contributed by atoms with E-state index in [0.717, 1.165) is 30.0 Å². The second kappa shape index (κ2) is 8.63. The highest BCUT2D eigenvalue weighted by molar-refractivity contribution is 8.01. The Balaban J connectivity index is 1.74. The van der Waals surface area contributed by atoms with Crippen molar-refractivity contribution in [3.05, 3.63) is 63.2 Å². The summed E-state index contributed by atoms with van der Waals surface area (Å²) in [5.74, 6) is 0.613. The number of piperidine rings is 1. The molecular weight excluding hydrogens is 412 g/mol. The number of fused-ring (bicyclic) bond motifs is 1. The lowest BCUT2D eigenvalue weighted by atomic mass is 9.90. The number of benzene rings is 2. The first-order valence-electron chi connectivity index (χ1n) is 10.7. The normalized spacial score (nSPS) is 23.8. The zero-order valence-electron chi connectivity index (χ0n) is 18.2. The summed E-state index contributed by atoms with van der Waals surface area (Å²) in [6, 6.07) is 11.3. The van der Waals surface area contributed by atoms with Gasteiger partial charge in [0.2, 0.25) is 5.75 Å². The van der Waals surface area contributed by atoms with Gasteiger partial charge in [-0.25, -0.2) is 0 Å². The highest BCUT2D eigenvalue weighted by Gasteiger charge is 2.48. The first-order chi connectivity index (χ1) is 14.8. The smallest absolute Gasteiger partial charge is 0.311 e. The van der Waals surface area contributed by atoms with E-state index in [4.69, 9.17) is 4.74 Å². The van der Waals surface area contributed by atoms with E-state index in [0.29, 0.717) is 23.6 Å². The van der Waals surface area contributed by atoms with Crippen LogP contribution in [-0.2, 0) is 0 Å². The maximum atomic E-state index is 13.9. The molecule has 1 fully saturated rings.